The van der Waals surface area contributed by atoms with Crippen LogP contribution in [-0.2, 0) is 6.42 Å². The van der Waals surface area contributed by atoms with Crippen LogP contribution in [0.4, 0.5) is 11.4 Å². The molecule has 3 N–H and O–H groups in total. The fourth-order valence-corrected chi connectivity index (χ4v) is 2.59. The summed E-state index contributed by atoms with van der Waals surface area (Å²) in [6, 6.07) is 9.15. The quantitative estimate of drug-likeness (QED) is 0.816. The zero-order valence-corrected chi connectivity index (χ0v) is 11.7. The zero-order chi connectivity index (χ0) is 13.8. The lowest BCUT2D eigenvalue weighted by Crippen LogP contribution is -2.42. The molecule has 1 heterocycles. The summed E-state index contributed by atoms with van der Waals surface area (Å²) in [7, 11) is 2.18. The van der Waals surface area contributed by atoms with Gasteiger partial charge in [0.05, 0.1) is 12.5 Å². The number of hydrogen-bond donors (Lipinski definition) is 2. The smallest absolute Gasteiger partial charge is 0.0670 e. The molecule has 4 heteroatoms. The standard InChI is InChI=1S/C15H22N4/c1-11-9-14(6-8-19(11)2)18-13-3-4-15(17)12(10-13)5-7-16/h3-4,10-11,14,18H,5-6,8-9,17H2,1-2H3. The first-order valence-corrected chi connectivity index (χ1v) is 6.82. The van der Waals surface area contributed by atoms with Crippen LogP contribution < -0.4 is 11.1 Å². The van der Waals surface area contributed by atoms with Crippen LogP contribution in [-0.4, -0.2) is 30.6 Å². The third kappa shape index (κ3) is 3.39. The highest BCUT2D eigenvalue weighted by atomic mass is 15.1. The molecule has 0 spiro atoms. The second-order valence-corrected chi connectivity index (χ2v) is 5.44. The molecule has 1 saturated heterocycles. The summed E-state index contributed by atoms with van der Waals surface area (Å²) in [5.41, 5.74) is 8.54. The largest absolute Gasteiger partial charge is 0.398 e. The van der Waals surface area contributed by atoms with Crippen molar-refractivity contribution in [1.29, 1.82) is 5.26 Å². The summed E-state index contributed by atoms with van der Waals surface area (Å²) in [5.74, 6) is 0. The number of nitrogens with two attached hydrogens (primary N) is 1. The lowest BCUT2D eigenvalue weighted by molar-refractivity contribution is 0.190. The Morgan fingerprint density at radius 1 is 1.53 bits per heavy atom. The average Bonchev–Trinajstić information content (AvgIpc) is 2.38. The number of benzene rings is 1. The summed E-state index contributed by atoms with van der Waals surface area (Å²) in [4.78, 5) is 2.39. The summed E-state index contributed by atoms with van der Waals surface area (Å²) >= 11 is 0. The van der Waals surface area contributed by atoms with Crippen molar-refractivity contribution >= 4 is 11.4 Å². The molecule has 1 fully saturated rings. The molecule has 0 aromatic heterocycles. The van der Waals surface area contributed by atoms with E-state index in [2.05, 4.69) is 30.3 Å². The Bertz CT molecular complexity index is 478. The number of piperidine rings is 1. The van der Waals surface area contributed by atoms with Gasteiger partial charge in [-0.05, 0) is 50.6 Å². The van der Waals surface area contributed by atoms with Crippen LogP contribution in [0.15, 0.2) is 18.2 Å². The fourth-order valence-electron chi connectivity index (χ4n) is 2.59. The summed E-state index contributed by atoms with van der Waals surface area (Å²) < 4.78 is 0. The van der Waals surface area contributed by atoms with Crippen molar-refractivity contribution in [2.45, 2.75) is 38.3 Å². The van der Waals surface area contributed by atoms with E-state index in [0.717, 1.165) is 30.6 Å². The van der Waals surface area contributed by atoms with Crippen molar-refractivity contribution in [3.05, 3.63) is 23.8 Å². The number of nitriles is 1. The van der Waals surface area contributed by atoms with Gasteiger partial charge in [0.2, 0.25) is 0 Å². The van der Waals surface area contributed by atoms with Crippen LogP contribution in [0.3, 0.4) is 0 Å². The molecule has 0 aliphatic carbocycles. The van der Waals surface area contributed by atoms with Crippen molar-refractivity contribution in [2.75, 3.05) is 24.6 Å². The van der Waals surface area contributed by atoms with Crippen molar-refractivity contribution in [3.63, 3.8) is 0 Å². The van der Waals surface area contributed by atoms with Gasteiger partial charge in [-0.2, -0.15) is 5.26 Å². The first-order chi connectivity index (χ1) is 9.10. The lowest BCUT2D eigenvalue weighted by atomic mass is 9.98. The SMILES string of the molecule is CC1CC(Nc2ccc(N)c(CC#N)c2)CCN1C. The number of nitrogens with one attached hydrogen (secondary N) is 1. The Balaban J connectivity index is 2.03. The second kappa shape index (κ2) is 5.94. The number of anilines is 2. The number of rotatable bonds is 3. The molecule has 2 atom stereocenters. The fraction of sp³-hybridized carbons (Fsp3) is 0.533. The molecule has 0 radical (unpaired) electrons. The molecule has 1 aliphatic heterocycles. The van der Waals surface area contributed by atoms with Gasteiger partial charge in [-0.25, -0.2) is 0 Å². The number of likely N-dealkylation sites (tertiary alicyclic amines) is 1. The van der Waals surface area contributed by atoms with Crippen LogP contribution in [0.5, 0.6) is 0 Å². The number of nitrogens with zero attached hydrogens (tertiary/aromatic N) is 2. The van der Waals surface area contributed by atoms with Crippen molar-refractivity contribution in [1.82, 2.24) is 4.90 Å². The van der Waals surface area contributed by atoms with Gasteiger partial charge in [0, 0.05) is 30.0 Å². The molecule has 0 saturated carbocycles. The van der Waals surface area contributed by atoms with E-state index < -0.39 is 0 Å². The molecule has 1 aromatic rings. The Labute approximate surface area is 115 Å². The van der Waals surface area contributed by atoms with E-state index in [1.165, 1.54) is 0 Å². The molecule has 1 aliphatic rings. The number of hydrogen-bond acceptors (Lipinski definition) is 4. The van der Waals surface area contributed by atoms with Crippen molar-refractivity contribution < 1.29 is 0 Å². The second-order valence-electron chi connectivity index (χ2n) is 5.44. The molecule has 2 unspecified atom stereocenters. The molecular formula is C15H22N4. The van der Waals surface area contributed by atoms with E-state index >= 15 is 0 Å². The van der Waals surface area contributed by atoms with Crippen molar-refractivity contribution in [2.24, 2.45) is 0 Å². The highest BCUT2D eigenvalue weighted by Gasteiger charge is 2.22. The molecule has 0 bridgehead atoms. The van der Waals surface area contributed by atoms with Crippen LogP contribution in [0.1, 0.15) is 25.3 Å². The van der Waals surface area contributed by atoms with E-state index in [0.29, 0.717) is 24.2 Å². The van der Waals surface area contributed by atoms with Gasteiger partial charge in [0.15, 0.2) is 0 Å². The Hall–Kier alpha value is -1.73. The summed E-state index contributed by atoms with van der Waals surface area (Å²) in [6.45, 7) is 3.39. The van der Waals surface area contributed by atoms with Gasteiger partial charge in [-0.3, -0.25) is 0 Å². The Kier molecular flexibility index (Phi) is 4.28. The van der Waals surface area contributed by atoms with Crippen LogP contribution in [0.25, 0.3) is 0 Å². The maximum atomic E-state index is 8.79. The number of nitrogen functional groups attached to an aromatic ring is 1. The molecule has 4 nitrogen and oxygen atoms in total. The third-order valence-electron chi connectivity index (χ3n) is 3.99. The molecule has 0 amide bonds. The molecule has 102 valence electrons. The Morgan fingerprint density at radius 2 is 2.32 bits per heavy atom. The first kappa shape index (κ1) is 13.7. The van der Waals surface area contributed by atoms with E-state index in [1.807, 2.05) is 18.2 Å². The van der Waals surface area contributed by atoms with E-state index in [-0.39, 0.29) is 0 Å². The van der Waals surface area contributed by atoms with Crippen LogP contribution >= 0.6 is 0 Å². The summed E-state index contributed by atoms with van der Waals surface area (Å²) in [6.07, 6.45) is 2.67. The van der Waals surface area contributed by atoms with E-state index in [1.54, 1.807) is 0 Å². The minimum atomic E-state index is 0.366. The van der Waals surface area contributed by atoms with Crippen LogP contribution in [0.2, 0.25) is 0 Å². The highest BCUT2D eigenvalue weighted by molar-refractivity contribution is 5.58. The normalized spacial score (nSPS) is 23.8. The van der Waals surface area contributed by atoms with Gasteiger partial charge in [-0.1, -0.05) is 0 Å². The lowest BCUT2D eigenvalue weighted by Gasteiger charge is -2.35. The third-order valence-corrected chi connectivity index (χ3v) is 3.99. The van der Waals surface area contributed by atoms with E-state index in [4.69, 9.17) is 11.0 Å². The minimum Gasteiger partial charge on any atom is -0.398 e. The van der Waals surface area contributed by atoms with Gasteiger partial charge >= 0.3 is 0 Å². The maximum Gasteiger partial charge on any atom is 0.0670 e. The minimum absolute atomic E-state index is 0.366. The van der Waals surface area contributed by atoms with Crippen molar-refractivity contribution in [3.8, 4) is 6.07 Å². The predicted octanol–water partition coefficient (Wildman–Crippen LogP) is 2.23. The zero-order valence-electron chi connectivity index (χ0n) is 11.7. The van der Waals surface area contributed by atoms with Gasteiger partial charge in [0.25, 0.3) is 0 Å². The van der Waals surface area contributed by atoms with E-state index in [9.17, 15) is 0 Å². The molecule has 2 rings (SSSR count). The topological polar surface area (TPSA) is 65.1 Å². The van der Waals surface area contributed by atoms with Gasteiger partial charge < -0.3 is 16.0 Å². The predicted molar refractivity (Wildman–Crippen MR) is 78.9 cm³/mol. The Morgan fingerprint density at radius 3 is 3.00 bits per heavy atom. The molecule has 19 heavy (non-hydrogen) atoms. The monoisotopic (exact) mass is 258 g/mol. The van der Waals surface area contributed by atoms with Gasteiger partial charge in [0.1, 0.15) is 0 Å². The average molecular weight is 258 g/mol. The molecule has 1 aromatic carbocycles. The van der Waals surface area contributed by atoms with Crippen LogP contribution in [0, 0.1) is 11.3 Å². The maximum absolute atomic E-state index is 8.79. The molecular weight excluding hydrogens is 236 g/mol. The van der Waals surface area contributed by atoms with Gasteiger partial charge in [-0.15, -0.1) is 0 Å². The summed E-state index contributed by atoms with van der Waals surface area (Å²) in [5, 5.41) is 12.4. The highest BCUT2D eigenvalue weighted by Crippen LogP contribution is 2.23. The first-order valence-electron chi connectivity index (χ1n) is 6.82.